The summed E-state index contributed by atoms with van der Waals surface area (Å²) in [5.74, 6) is -0.136. The number of benzene rings is 2. The topological polar surface area (TPSA) is 38.3 Å². The van der Waals surface area contributed by atoms with Crippen LogP contribution in [0.15, 0.2) is 54.6 Å². The van der Waals surface area contributed by atoms with Crippen LogP contribution < -0.4 is 5.32 Å². The van der Waals surface area contributed by atoms with Crippen molar-refractivity contribution in [2.45, 2.75) is 6.42 Å². The second-order valence-corrected chi connectivity index (χ2v) is 4.30. The van der Waals surface area contributed by atoms with Crippen LogP contribution in [0.4, 0.5) is 5.69 Å². The van der Waals surface area contributed by atoms with E-state index in [0.717, 1.165) is 17.7 Å². The van der Waals surface area contributed by atoms with Crippen molar-refractivity contribution in [3.05, 3.63) is 65.7 Å². The summed E-state index contributed by atoms with van der Waals surface area (Å²) in [5, 5.41) is 2.87. The van der Waals surface area contributed by atoms with E-state index >= 15 is 0 Å². The largest absolute Gasteiger partial charge is 0.375 e. The maximum absolute atomic E-state index is 11.6. The molecule has 0 aromatic heterocycles. The first kappa shape index (κ1) is 13.3. The van der Waals surface area contributed by atoms with Gasteiger partial charge in [-0.05, 0) is 23.6 Å². The number of hydrogen-bond donors (Lipinski definition) is 1. The molecule has 3 heteroatoms. The highest BCUT2D eigenvalue weighted by Gasteiger charge is 2.06. The van der Waals surface area contributed by atoms with Gasteiger partial charge in [0.1, 0.15) is 6.61 Å². The summed E-state index contributed by atoms with van der Waals surface area (Å²) in [4.78, 5) is 11.6. The van der Waals surface area contributed by atoms with Crippen LogP contribution in [0.5, 0.6) is 0 Å². The summed E-state index contributed by atoms with van der Waals surface area (Å²) >= 11 is 0. The SMILES string of the molecule is COCC(=O)Nc1ccccc1Cc1ccccc1. The molecule has 3 nitrogen and oxygen atoms in total. The molecular weight excluding hydrogens is 238 g/mol. The number of anilines is 1. The molecular formula is C16H17NO2. The second kappa shape index (κ2) is 6.71. The van der Waals surface area contributed by atoms with Crippen molar-refractivity contribution in [3.8, 4) is 0 Å². The molecule has 2 aromatic rings. The third-order valence-electron chi connectivity index (χ3n) is 2.80. The van der Waals surface area contributed by atoms with Crippen molar-refractivity contribution in [2.75, 3.05) is 19.0 Å². The molecule has 0 saturated carbocycles. The van der Waals surface area contributed by atoms with Crippen LogP contribution >= 0.6 is 0 Å². The van der Waals surface area contributed by atoms with Crippen molar-refractivity contribution < 1.29 is 9.53 Å². The molecule has 0 aliphatic heterocycles. The van der Waals surface area contributed by atoms with Crippen molar-refractivity contribution >= 4 is 11.6 Å². The Balaban J connectivity index is 2.14. The van der Waals surface area contributed by atoms with Gasteiger partial charge < -0.3 is 10.1 Å². The summed E-state index contributed by atoms with van der Waals surface area (Å²) in [6.07, 6.45) is 0.796. The summed E-state index contributed by atoms with van der Waals surface area (Å²) in [5.41, 5.74) is 3.16. The molecule has 0 radical (unpaired) electrons. The van der Waals surface area contributed by atoms with Gasteiger partial charge >= 0.3 is 0 Å². The number of carbonyl (C=O) groups excluding carboxylic acids is 1. The van der Waals surface area contributed by atoms with E-state index in [9.17, 15) is 4.79 Å². The fraction of sp³-hybridized carbons (Fsp3) is 0.188. The maximum atomic E-state index is 11.6. The number of hydrogen-bond acceptors (Lipinski definition) is 2. The van der Waals surface area contributed by atoms with Crippen molar-refractivity contribution in [2.24, 2.45) is 0 Å². The molecule has 0 aliphatic carbocycles. The minimum absolute atomic E-state index is 0.0691. The van der Waals surface area contributed by atoms with Gasteiger partial charge in [0.15, 0.2) is 0 Å². The molecule has 2 rings (SSSR count). The number of para-hydroxylation sites is 1. The third-order valence-corrected chi connectivity index (χ3v) is 2.80. The molecule has 19 heavy (non-hydrogen) atoms. The first-order valence-electron chi connectivity index (χ1n) is 6.20. The Labute approximate surface area is 113 Å². The third kappa shape index (κ3) is 3.93. The average Bonchev–Trinajstić information content (AvgIpc) is 2.42. The van der Waals surface area contributed by atoms with Crippen molar-refractivity contribution in [1.29, 1.82) is 0 Å². The Morgan fingerprint density at radius 1 is 1.05 bits per heavy atom. The number of carbonyl (C=O) groups is 1. The van der Waals surface area contributed by atoms with Crippen LogP contribution in [-0.4, -0.2) is 19.6 Å². The Kier molecular flexibility index (Phi) is 4.70. The Hall–Kier alpha value is -2.13. The lowest BCUT2D eigenvalue weighted by Crippen LogP contribution is -2.18. The van der Waals surface area contributed by atoms with E-state index in [1.165, 1.54) is 12.7 Å². The molecule has 98 valence electrons. The Morgan fingerprint density at radius 3 is 2.47 bits per heavy atom. The van der Waals surface area contributed by atoms with Crippen LogP contribution in [0.2, 0.25) is 0 Å². The molecule has 0 fully saturated rings. The minimum atomic E-state index is -0.136. The van der Waals surface area contributed by atoms with Crippen LogP contribution in [0.25, 0.3) is 0 Å². The zero-order valence-corrected chi connectivity index (χ0v) is 10.9. The summed E-state index contributed by atoms with van der Waals surface area (Å²) in [7, 11) is 1.51. The lowest BCUT2D eigenvalue weighted by molar-refractivity contribution is -0.119. The predicted octanol–water partition coefficient (Wildman–Crippen LogP) is 2.86. The predicted molar refractivity (Wildman–Crippen MR) is 76.2 cm³/mol. The van der Waals surface area contributed by atoms with Gasteiger partial charge in [-0.25, -0.2) is 0 Å². The molecule has 0 bridgehead atoms. The fourth-order valence-electron chi connectivity index (χ4n) is 1.93. The van der Waals surface area contributed by atoms with Gasteiger partial charge in [-0.3, -0.25) is 4.79 Å². The van der Waals surface area contributed by atoms with Crippen molar-refractivity contribution in [3.63, 3.8) is 0 Å². The normalized spacial score (nSPS) is 10.2. The smallest absolute Gasteiger partial charge is 0.250 e. The van der Waals surface area contributed by atoms with Crippen molar-refractivity contribution in [1.82, 2.24) is 0 Å². The van der Waals surface area contributed by atoms with E-state index in [2.05, 4.69) is 17.4 Å². The minimum Gasteiger partial charge on any atom is -0.375 e. The van der Waals surface area contributed by atoms with Gasteiger partial charge in [0.25, 0.3) is 0 Å². The molecule has 0 heterocycles. The molecule has 1 amide bonds. The molecule has 1 N–H and O–H groups in total. The highest BCUT2D eigenvalue weighted by Crippen LogP contribution is 2.18. The standard InChI is InChI=1S/C16H17NO2/c1-19-12-16(18)17-15-10-6-5-9-14(15)11-13-7-3-2-4-8-13/h2-10H,11-12H2,1H3,(H,17,18). The molecule has 0 aliphatic rings. The van der Waals surface area contributed by atoms with Gasteiger partial charge in [0.2, 0.25) is 5.91 Å². The Morgan fingerprint density at radius 2 is 1.74 bits per heavy atom. The van der Waals surface area contributed by atoms with Crippen LogP contribution in [-0.2, 0) is 16.0 Å². The molecule has 0 saturated heterocycles. The van der Waals surface area contributed by atoms with E-state index in [1.54, 1.807) is 0 Å². The first-order valence-corrected chi connectivity index (χ1v) is 6.20. The molecule has 0 spiro atoms. The van der Waals surface area contributed by atoms with E-state index < -0.39 is 0 Å². The number of nitrogens with one attached hydrogen (secondary N) is 1. The average molecular weight is 255 g/mol. The molecule has 0 unspecified atom stereocenters. The van der Waals surface area contributed by atoms with Crippen LogP contribution in [0.1, 0.15) is 11.1 Å². The maximum Gasteiger partial charge on any atom is 0.250 e. The van der Waals surface area contributed by atoms with E-state index in [1.807, 2.05) is 42.5 Å². The van der Waals surface area contributed by atoms with E-state index in [4.69, 9.17) is 4.74 Å². The lowest BCUT2D eigenvalue weighted by Gasteiger charge is -2.10. The number of ether oxygens (including phenoxy) is 1. The summed E-state index contributed by atoms with van der Waals surface area (Å²) < 4.78 is 4.82. The quantitative estimate of drug-likeness (QED) is 0.892. The van der Waals surface area contributed by atoms with Gasteiger partial charge in [-0.15, -0.1) is 0 Å². The second-order valence-electron chi connectivity index (χ2n) is 4.30. The number of methoxy groups -OCH3 is 1. The van der Waals surface area contributed by atoms with E-state index in [0.29, 0.717) is 0 Å². The van der Waals surface area contributed by atoms with Gasteiger partial charge in [0, 0.05) is 12.8 Å². The van der Waals surface area contributed by atoms with Gasteiger partial charge in [-0.2, -0.15) is 0 Å². The van der Waals surface area contributed by atoms with E-state index in [-0.39, 0.29) is 12.5 Å². The van der Waals surface area contributed by atoms with Crippen LogP contribution in [0.3, 0.4) is 0 Å². The van der Waals surface area contributed by atoms with Crippen LogP contribution in [0, 0.1) is 0 Å². The number of amides is 1. The zero-order valence-electron chi connectivity index (χ0n) is 10.9. The van der Waals surface area contributed by atoms with Gasteiger partial charge in [0.05, 0.1) is 0 Å². The lowest BCUT2D eigenvalue weighted by atomic mass is 10.0. The number of rotatable bonds is 5. The molecule has 0 atom stereocenters. The summed E-state index contributed by atoms with van der Waals surface area (Å²) in [6.45, 7) is 0.0691. The monoisotopic (exact) mass is 255 g/mol. The highest BCUT2D eigenvalue weighted by atomic mass is 16.5. The summed E-state index contributed by atoms with van der Waals surface area (Å²) in [6, 6.07) is 18.0. The fourth-order valence-corrected chi connectivity index (χ4v) is 1.93. The Bertz CT molecular complexity index is 537. The highest BCUT2D eigenvalue weighted by molar-refractivity contribution is 5.92. The zero-order chi connectivity index (χ0) is 13.5. The molecule has 2 aromatic carbocycles. The first-order chi connectivity index (χ1) is 9.29. The van der Waals surface area contributed by atoms with Gasteiger partial charge in [-0.1, -0.05) is 48.5 Å².